The van der Waals surface area contributed by atoms with Gasteiger partial charge in [0.2, 0.25) is 17.6 Å². The van der Waals surface area contributed by atoms with Crippen molar-refractivity contribution in [3.63, 3.8) is 0 Å². The van der Waals surface area contributed by atoms with E-state index in [-0.39, 0.29) is 51.6 Å². The van der Waals surface area contributed by atoms with Gasteiger partial charge in [0.1, 0.15) is 0 Å². The van der Waals surface area contributed by atoms with Gasteiger partial charge in [0.15, 0.2) is 6.61 Å². The van der Waals surface area contributed by atoms with Crippen LogP contribution in [-0.4, -0.2) is 35.2 Å². The van der Waals surface area contributed by atoms with Crippen LogP contribution < -0.4 is 4.90 Å². The van der Waals surface area contributed by atoms with E-state index in [4.69, 9.17) is 32.9 Å². The SMILES string of the molecule is CC1=CC2CC1C1C(=O)N(c3ccc(-c4cc(C(=O)OCC(=O)c5ccc(Cl)cc5Cl)c5cc(Br)ccc5n4)cc3)C(=O)C21. The van der Waals surface area contributed by atoms with E-state index < -0.39 is 18.4 Å². The van der Waals surface area contributed by atoms with Crippen LogP contribution >= 0.6 is 39.1 Å². The van der Waals surface area contributed by atoms with Gasteiger partial charge in [0, 0.05) is 26.0 Å². The number of rotatable bonds is 6. The number of anilines is 1. The number of hydrogen-bond donors (Lipinski definition) is 0. The normalized spacial score (nSPS) is 22.0. The second-order valence-corrected chi connectivity index (χ2v) is 13.1. The number of amides is 2. The second kappa shape index (κ2) is 10.9. The summed E-state index contributed by atoms with van der Waals surface area (Å²) < 4.78 is 6.18. The molecule has 3 aromatic carbocycles. The lowest BCUT2D eigenvalue weighted by atomic mass is 9.82. The molecule has 44 heavy (non-hydrogen) atoms. The van der Waals surface area contributed by atoms with E-state index in [1.807, 2.05) is 13.0 Å². The highest BCUT2D eigenvalue weighted by molar-refractivity contribution is 9.10. The van der Waals surface area contributed by atoms with Crippen molar-refractivity contribution in [1.82, 2.24) is 4.98 Å². The number of benzene rings is 3. The summed E-state index contributed by atoms with van der Waals surface area (Å²) >= 11 is 15.5. The first-order valence-corrected chi connectivity index (χ1v) is 15.6. The number of esters is 1. The van der Waals surface area contributed by atoms with E-state index >= 15 is 0 Å². The number of aromatic nitrogens is 1. The number of Topliss-reactive ketones (excluding diaryl/α,β-unsaturated/α-hetero) is 1. The van der Waals surface area contributed by atoms with E-state index in [0.29, 0.717) is 32.9 Å². The van der Waals surface area contributed by atoms with Gasteiger partial charge < -0.3 is 4.74 Å². The van der Waals surface area contributed by atoms with Crippen molar-refractivity contribution in [2.24, 2.45) is 23.7 Å². The molecule has 0 radical (unpaired) electrons. The Morgan fingerprint density at radius 1 is 0.955 bits per heavy atom. The summed E-state index contributed by atoms with van der Waals surface area (Å²) in [4.78, 5) is 58.9. The number of ether oxygens (including phenoxy) is 1. The number of hydrogen-bond acceptors (Lipinski definition) is 6. The number of imide groups is 1. The molecule has 2 aliphatic carbocycles. The van der Waals surface area contributed by atoms with Crippen molar-refractivity contribution >= 4 is 79.3 Å². The van der Waals surface area contributed by atoms with Gasteiger partial charge in [0.05, 0.1) is 39.3 Å². The van der Waals surface area contributed by atoms with Crippen molar-refractivity contribution in [1.29, 1.82) is 0 Å². The molecule has 10 heteroatoms. The molecule has 1 saturated carbocycles. The van der Waals surface area contributed by atoms with Crippen molar-refractivity contribution in [2.45, 2.75) is 13.3 Å². The molecule has 1 aromatic heterocycles. The summed E-state index contributed by atoms with van der Waals surface area (Å²) in [7, 11) is 0. The van der Waals surface area contributed by atoms with Gasteiger partial charge in [-0.15, -0.1) is 0 Å². The van der Waals surface area contributed by atoms with E-state index in [9.17, 15) is 19.2 Å². The Bertz CT molecular complexity index is 1960. The quantitative estimate of drug-likeness (QED) is 0.0891. The van der Waals surface area contributed by atoms with Gasteiger partial charge in [-0.2, -0.15) is 0 Å². The largest absolute Gasteiger partial charge is 0.454 e. The van der Waals surface area contributed by atoms with Crippen LogP contribution in [0.4, 0.5) is 5.69 Å². The third-order valence-corrected chi connectivity index (χ3v) is 9.90. The summed E-state index contributed by atoms with van der Waals surface area (Å²) in [6.07, 6.45) is 3.03. The van der Waals surface area contributed by atoms with Crippen LogP contribution in [0.2, 0.25) is 10.0 Å². The predicted molar refractivity (Wildman–Crippen MR) is 171 cm³/mol. The number of pyridine rings is 1. The van der Waals surface area contributed by atoms with Crippen LogP contribution in [0.15, 0.2) is 82.9 Å². The first-order valence-electron chi connectivity index (χ1n) is 14.0. The first-order chi connectivity index (χ1) is 21.1. The van der Waals surface area contributed by atoms with Crippen LogP contribution in [0.5, 0.6) is 0 Å². The minimum absolute atomic E-state index is 0.129. The molecule has 1 saturated heterocycles. The van der Waals surface area contributed by atoms with Crippen LogP contribution in [0.25, 0.3) is 22.2 Å². The monoisotopic (exact) mass is 688 g/mol. The molecule has 7 nitrogen and oxygen atoms in total. The molecule has 220 valence electrons. The maximum absolute atomic E-state index is 13.4. The van der Waals surface area contributed by atoms with Crippen molar-refractivity contribution in [2.75, 3.05) is 11.5 Å². The maximum Gasteiger partial charge on any atom is 0.339 e. The first kappa shape index (κ1) is 28.9. The standard InChI is InChI=1S/C34H23BrCl2N2O5/c1-16-10-18-11-23(16)31-30(18)32(41)39(33(31)42)21-6-2-17(3-7-21)28-14-25(24-12-19(35)4-9-27(24)38-28)34(43)44-15-29(40)22-8-5-20(36)13-26(22)37/h2-10,12-14,18,23,30-31H,11,15H2,1H3. The van der Waals surface area contributed by atoms with Crippen LogP contribution in [0, 0.1) is 23.7 Å². The van der Waals surface area contributed by atoms with Gasteiger partial charge in [-0.25, -0.2) is 9.78 Å². The highest BCUT2D eigenvalue weighted by atomic mass is 79.9. The molecule has 0 N–H and O–H groups in total. The fourth-order valence-electron chi connectivity index (χ4n) is 6.83. The topological polar surface area (TPSA) is 93.6 Å². The van der Waals surface area contributed by atoms with E-state index in [1.165, 1.54) is 28.7 Å². The third kappa shape index (κ3) is 4.76. The van der Waals surface area contributed by atoms with Crippen LogP contribution in [-0.2, 0) is 14.3 Å². The molecular formula is C34H23BrCl2N2O5. The van der Waals surface area contributed by atoms with Crippen molar-refractivity contribution in [3.05, 3.63) is 104 Å². The Kier molecular flexibility index (Phi) is 7.19. The maximum atomic E-state index is 13.4. The summed E-state index contributed by atoms with van der Waals surface area (Å²) in [5, 5.41) is 1.10. The fourth-order valence-corrected chi connectivity index (χ4v) is 7.70. The average molecular weight is 690 g/mol. The number of fused-ring (bicyclic) bond motifs is 6. The molecule has 2 amide bonds. The average Bonchev–Trinajstić information content (AvgIpc) is 3.65. The smallest absolute Gasteiger partial charge is 0.339 e. The molecule has 1 aliphatic heterocycles. The Balaban J connectivity index is 1.16. The zero-order valence-electron chi connectivity index (χ0n) is 23.2. The van der Waals surface area contributed by atoms with Crippen molar-refractivity contribution < 1.29 is 23.9 Å². The van der Waals surface area contributed by atoms with Crippen LogP contribution in [0.3, 0.4) is 0 Å². The molecule has 4 aromatic rings. The number of carbonyl (C=O) groups excluding carboxylic acids is 4. The Hall–Kier alpha value is -3.85. The Morgan fingerprint density at radius 2 is 1.70 bits per heavy atom. The van der Waals surface area contributed by atoms with Crippen molar-refractivity contribution in [3.8, 4) is 11.3 Å². The number of allylic oxidation sites excluding steroid dienone is 2. The van der Waals surface area contributed by atoms with E-state index in [2.05, 4.69) is 22.0 Å². The summed E-state index contributed by atoms with van der Waals surface area (Å²) in [5.41, 5.74) is 3.85. The van der Waals surface area contributed by atoms with E-state index in [1.54, 1.807) is 42.5 Å². The molecule has 2 bridgehead atoms. The zero-order valence-corrected chi connectivity index (χ0v) is 26.3. The lowest BCUT2D eigenvalue weighted by Gasteiger charge is -2.19. The molecule has 7 rings (SSSR count). The number of nitrogens with zero attached hydrogens (tertiary/aromatic N) is 2. The third-order valence-electron chi connectivity index (χ3n) is 8.86. The summed E-state index contributed by atoms with van der Waals surface area (Å²) in [5.74, 6) is -1.74. The summed E-state index contributed by atoms with van der Waals surface area (Å²) in [6, 6.07) is 18.4. The summed E-state index contributed by atoms with van der Waals surface area (Å²) in [6.45, 7) is 1.53. The molecule has 2 heterocycles. The van der Waals surface area contributed by atoms with E-state index in [0.717, 1.165) is 10.9 Å². The molecular weight excluding hydrogens is 667 g/mol. The lowest BCUT2D eigenvalue weighted by molar-refractivity contribution is -0.123. The second-order valence-electron chi connectivity index (χ2n) is 11.4. The Morgan fingerprint density at radius 3 is 2.45 bits per heavy atom. The molecule has 3 aliphatic rings. The Labute approximate surface area is 270 Å². The number of carbonyl (C=O) groups is 4. The molecule has 0 spiro atoms. The van der Waals surface area contributed by atoms with Gasteiger partial charge in [-0.05, 0) is 79.8 Å². The highest BCUT2D eigenvalue weighted by Gasteiger charge is 2.60. The van der Waals surface area contributed by atoms with Gasteiger partial charge in [-0.1, -0.05) is 62.9 Å². The lowest BCUT2D eigenvalue weighted by Crippen LogP contribution is -2.32. The van der Waals surface area contributed by atoms with Gasteiger partial charge >= 0.3 is 5.97 Å². The number of halogens is 3. The molecule has 4 atom stereocenters. The minimum Gasteiger partial charge on any atom is -0.454 e. The predicted octanol–water partition coefficient (Wildman–Crippen LogP) is 7.71. The fraction of sp³-hybridized carbons (Fsp3) is 0.206. The highest BCUT2D eigenvalue weighted by Crippen LogP contribution is 2.56. The van der Waals surface area contributed by atoms with Gasteiger partial charge in [-0.3, -0.25) is 19.3 Å². The minimum atomic E-state index is -0.704. The van der Waals surface area contributed by atoms with Crippen LogP contribution in [0.1, 0.15) is 34.1 Å². The van der Waals surface area contributed by atoms with Gasteiger partial charge in [0.25, 0.3) is 0 Å². The molecule has 2 fully saturated rings. The molecule has 4 unspecified atom stereocenters. The number of ketones is 1. The zero-order chi connectivity index (χ0) is 30.9.